The van der Waals surface area contributed by atoms with Gasteiger partial charge in [0.05, 0.1) is 0 Å². The Kier molecular flexibility index (Phi) is 5.07. The van der Waals surface area contributed by atoms with Crippen molar-refractivity contribution in [3.05, 3.63) is 93.3 Å². The van der Waals surface area contributed by atoms with E-state index in [-0.39, 0.29) is 0 Å². The number of thiophene rings is 6. The van der Waals surface area contributed by atoms with E-state index >= 15 is 0 Å². The summed E-state index contributed by atoms with van der Waals surface area (Å²) in [4.78, 5) is 8.04. The topological polar surface area (TPSA) is 0 Å². The van der Waals surface area contributed by atoms with Gasteiger partial charge in [0.15, 0.2) is 0 Å². The molecule has 2 aromatic carbocycles. The van der Waals surface area contributed by atoms with Crippen molar-refractivity contribution in [3.8, 4) is 19.5 Å². The summed E-state index contributed by atoms with van der Waals surface area (Å²) in [5.41, 5.74) is 0. The zero-order chi connectivity index (χ0) is 23.6. The molecule has 6 aromatic heterocycles. The second-order valence-corrected chi connectivity index (χ2v) is 14.9. The summed E-state index contributed by atoms with van der Waals surface area (Å²) in [6, 6.07) is 27.3. The quantitative estimate of drug-likeness (QED) is 0.198. The molecule has 0 fully saturated rings. The number of hydrogen-bond donors (Lipinski definition) is 0. The first kappa shape index (κ1) is 21.5. The van der Waals surface area contributed by atoms with Crippen LogP contribution in [0.5, 0.6) is 0 Å². The van der Waals surface area contributed by atoms with Crippen molar-refractivity contribution >= 4 is 121 Å². The second kappa shape index (κ2) is 8.48. The summed E-state index contributed by atoms with van der Waals surface area (Å²) in [6.45, 7) is 0. The molecule has 0 N–H and O–H groups in total. The SMILES string of the molecule is C(=C\c1cc2c(ccc3sc(-c4cccs4)cc32)s1)/c1cc2c(ccc3sc(-c4cccs4)cc32)s1. The van der Waals surface area contributed by atoms with Gasteiger partial charge in [0.1, 0.15) is 0 Å². The molecule has 0 nitrogen and oxygen atoms in total. The van der Waals surface area contributed by atoms with E-state index < -0.39 is 0 Å². The van der Waals surface area contributed by atoms with Gasteiger partial charge in [-0.15, -0.1) is 68.0 Å². The fourth-order valence-electron chi connectivity index (χ4n) is 4.71. The van der Waals surface area contributed by atoms with Gasteiger partial charge in [-0.3, -0.25) is 0 Å². The third-order valence-electron chi connectivity index (χ3n) is 6.37. The van der Waals surface area contributed by atoms with Gasteiger partial charge < -0.3 is 0 Å². The first-order valence-electron chi connectivity index (χ1n) is 11.5. The molecule has 6 heterocycles. The van der Waals surface area contributed by atoms with E-state index in [1.165, 1.54) is 69.6 Å². The van der Waals surface area contributed by atoms with Crippen molar-refractivity contribution in [1.29, 1.82) is 0 Å². The molecule has 0 atom stereocenters. The van der Waals surface area contributed by atoms with Gasteiger partial charge in [-0.25, -0.2) is 0 Å². The first-order chi connectivity index (χ1) is 17.8. The van der Waals surface area contributed by atoms with Crippen LogP contribution in [0.1, 0.15) is 9.75 Å². The molecule has 0 saturated carbocycles. The Labute approximate surface area is 231 Å². The first-order valence-corrected chi connectivity index (χ1v) is 16.5. The smallest absolute Gasteiger partial charge is 0.0455 e. The molecule has 36 heavy (non-hydrogen) atoms. The Morgan fingerprint density at radius 3 is 1.25 bits per heavy atom. The van der Waals surface area contributed by atoms with Crippen molar-refractivity contribution < 1.29 is 0 Å². The van der Waals surface area contributed by atoms with Crippen LogP contribution in [-0.2, 0) is 0 Å². The van der Waals surface area contributed by atoms with Crippen LogP contribution < -0.4 is 0 Å². The van der Waals surface area contributed by atoms with Crippen LogP contribution in [0.4, 0.5) is 0 Å². The number of benzene rings is 2. The van der Waals surface area contributed by atoms with Gasteiger partial charge in [-0.2, -0.15) is 0 Å². The molecule has 0 spiro atoms. The molecule has 8 aromatic rings. The van der Waals surface area contributed by atoms with Gasteiger partial charge in [0, 0.05) is 69.6 Å². The van der Waals surface area contributed by atoms with Gasteiger partial charge in [0.25, 0.3) is 0 Å². The largest absolute Gasteiger partial charge is 0.143 e. The normalized spacial score (nSPS) is 12.3. The molecule has 0 unspecified atom stereocenters. The number of fused-ring (bicyclic) bond motifs is 6. The summed E-state index contributed by atoms with van der Waals surface area (Å²) in [7, 11) is 0. The Morgan fingerprint density at radius 2 is 0.833 bits per heavy atom. The maximum Gasteiger partial charge on any atom is 0.0455 e. The van der Waals surface area contributed by atoms with Crippen LogP contribution in [0.25, 0.3) is 72.0 Å². The molecule has 0 aliphatic rings. The summed E-state index contributed by atoms with van der Waals surface area (Å²) < 4.78 is 5.45. The fourth-order valence-corrected chi connectivity index (χ4v) is 10.5. The minimum Gasteiger partial charge on any atom is -0.143 e. The molecule has 0 bridgehead atoms. The molecule has 0 aliphatic heterocycles. The molecule has 0 saturated heterocycles. The van der Waals surface area contributed by atoms with E-state index in [0.29, 0.717) is 0 Å². The lowest BCUT2D eigenvalue weighted by Gasteiger charge is -1.90. The third-order valence-corrected chi connectivity index (χ3v) is 12.8. The maximum absolute atomic E-state index is 2.37. The second-order valence-electron chi connectivity index (χ2n) is 8.59. The highest BCUT2D eigenvalue weighted by Gasteiger charge is 2.12. The summed E-state index contributed by atoms with van der Waals surface area (Å²) in [5, 5.41) is 9.80. The summed E-state index contributed by atoms with van der Waals surface area (Å²) in [6.07, 6.45) is 4.57. The van der Waals surface area contributed by atoms with Crippen molar-refractivity contribution in [2.24, 2.45) is 0 Å². The minimum atomic E-state index is 1.31. The van der Waals surface area contributed by atoms with Crippen LogP contribution >= 0.6 is 68.0 Å². The van der Waals surface area contributed by atoms with Gasteiger partial charge in [-0.1, -0.05) is 12.1 Å². The van der Waals surface area contributed by atoms with Crippen LogP contribution in [0.2, 0.25) is 0 Å². The van der Waals surface area contributed by atoms with Crippen LogP contribution in [-0.4, -0.2) is 0 Å². The lowest BCUT2D eigenvalue weighted by molar-refractivity contribution is 1.95. The van der Waals surface area contributed by atoms with E-state index in [0.717, 1.165) is 0 Å². The predicted octanol–water partition coefficient (Wildman–Crippen LogP) is 12.2. The lowest BCUT2D eigenvalue weighted by atomic mass is 10.1. The van der Waals surface area contributed by atoms with E-state index in [1.54, 1.807) is 0 Å². The van der Waals surface area contributed by atoms with Gasteiger partial charge >= 0.3 is 0 Å². The van der Waals surface area contributed by atoms with Crippen molar-refractivity contribution in [3.63, 3.8) is 0 Å². The number of hydrogen-bond acceptors (Lipinski definition) is 6. The highest BCUT2D eigenvalue weighted by molar-refractivity contribution is 7.27. The average Bonchev–Trinajstić information content (AvgIpc) is 3.72. The molecular formula is C30H16S6. The van der Waals surface area contributed by atoms with Crippen LogP contribution in [0.15, 0.2) is 83.6 Å². The van der Waals surface area contributed by atoms with Crippen molar-refractivity contribution in [2.75, 3.05) is 0 Å². The monoisotopic (exact) mass is 568 g/mol. The molecule has 0 radical (unpaired) electrons. The zero-order valence-corrected chi connectivity index (χ0v) is 23.6. The highest BCUT2D eigenvalue weighted by atomic mass is 32.1. The molecule has 172 valence electrons. The molecular weight excluding hydrogens is 553 g/mol. The maximum atomic E-state index is 2.37. The standard InChI is InChI=1S/C30H16S6/c1-3-27(31-11-1)29-15-21-19-13-17(33-23(19)7-9-25(21)35-29)5-6-18-14-20-22-16-30(28-4-2-12-32-28)36-26(22)10-8-24(20)34-18/h1-16H/b6-5+. The highest BCUT2D eigenvalue weighted by Crippen LogP contribution is 2.43. The Hall–Kier alpha value is -2.58. The van der Waals surface area contributed by atoms with Crippen LogP contribution in [0.3, 0.4) is 0 Å². The fraction of sp³-hybridized carbons (Fsp3) is 0. The summed E-state index contributed by atoms with van der Waals surface area (Å²) >= 11 is 11.2. The molecule has 8 rings (SSSR count). The third kappa shape index (κ3) is 3.56. The Morgan fingerprint density at radius 1 is 0.417 bits per heavy atom. The van der Waals surface area contributed by atoms with Gasteiger partial charge in [0.2, 0.25) is 0 Å². The molecule has 6 heteroatoms. The van der Waals surface area contributed by atoms with E-state index in [9.17, 15) is 0 Å². The predicted molar refractivity (Wildman–Crippen MR) is 170 cm³/mol. The van der Waals surface area contributed by atoms with Crippen molar-refractivity contribution in [2.45, 2.75) is 0 Å². The van der Waals surface area contributed by atoms with Crippen molar-refractivity contribution in [1.82, 2.24) is 0 Å². The Bertz CT molecular complexity index is 1890. The lowest BCUT2D eigenvalue weighted by Crippen LogP contribution is -1.64. The molecule has 0 amide bonds. The Balaban J connectivity index is 1.16. The zero-order valence-electron chi connectivity index (χ0n) is 18.7. The summed E-state index contributed by atoms with van der Waals surface area (Å²) in [5.74, 6) is 0. The van der Waals surface area contributed by atoms with E-state index in [2.05, 4.69) is 95.7 Å². The van der Waals surface area contributed by atoms with Crippen LogP contribution in [0, 0.1) is 0 Å². The van der Waals surface area contributed by atoms with Gasteiger partial charge in [-0.05, 0) is 83.6 Å². The average molecular weight is 569 g/mol. The minimum absolute atomic E-state index is 1.31. The molecule has 0 aliphatic carbocycles. The van der Waals surface area contributed by atoms with E-state index in [1.807, 2.05) is 68.0 Å². The number of rotatable bonds is 4. The van der Waals surface area contributed by atoms with E-state index in [4.69, 9.17) is 0 Å².